The molecule has 1 amide bonds. The fraction of sp³-hybridized carbons (Fsp3) is 0.417. The maximum atomic E-state index is 14.5. The van der Waals surface area contributed by atoms with E-state index >= 15 is 0 Å². The Bertz CT molecular complexity index is 1110. The lowest BCUT2D eigenvalue weighted by Gasteiger charge is -2.28. The number of hydrogen-bond acceptors (Lipinski definition) is 4. The van der Waals surface area contributed by atoms with Crippen LogP contribution in [0.25, 0.3) is 11.0 Å². The predicted molar refractivity (Wildman–Crippen MR) is 122 cm³/mol. The van der Waals surface area contributed by atoms with Crippen LogP contribution in [-0.4, -0.2) is 45.3 Å². The van der Waals surface area contributed by atoms with Gasteiger partial charge in [-0.25, -0.2) is 9.18 Å². The summed E-state index contributed by atoms with van der Waals surface area (Å²) in [5, 5.41) is 0.348. The third-order valence-electron chi connectivity index (χ3n) is 5.41. The van der Waals surface area contributed by atoms with Gasteiger partial charge in [-0.15, -0.1) is 0 Å². The fourth-order valence-electron chi connectivity index (χ4n) is 3.90. The number of para-hydroxylation sites is 2. The average Bonchev–Trinajstić information content (AvgIpc) is 3.32. The Kier molecular flexibility index (Phi) is 6.29. The highest BCUT2D eigenvalue weighted by molar-refractivity contribution is 6.31. The number of halogens is 2. The van der Waals surface area contributed by atoms with Crippen molar-refractivity contribution in [2.24, 2.45) is 0 Å². The number of rotatable bonds is 5. The molecule has 0 radical (unpaired) electrons. The van der Waals surface area contributed by atoms with Crippen molar-refractivity contribution in [3.8, 4) is 6.01 Å². The van der Waals surface area contributed by atoms with Crippen molar-refractivity contribution in [2.75, 3.05) is 13.2 Å². The van der Waals surface area contributed by atoms with Gasteiger partial charge < -0.3 is 14.4 Å². The summed E-state index contributed by atoms with van der Waals surface area (Å²) in [4.78, 5) is 18.9. The topological polar surface area (TPSA) is 56.6 Å². The first-order chi connectivity index (χ1) is 15.2. The third-order valence-corrected chi connectivity index (χ3v) is 5.76. The van der Waals surface area contributed by atoms with E-state index in [1.807, 2.05) is 49.6 Å². The molecule has 0 bridgehead atoms. The van der Waals surface area contributed by atoms with E-state index < -0.39 is 5.60 Å². The van der Waals surface area contributed by atoms with Crippen LogP contribution in [0.2, 0.25) is 5.02 Å². The molecule has 4 rings (SSSR count). The second-order valence-corrected chi connectivity index (χ2v) is 9.36. The van der Waals surface area contributed by atoms with Gasteiger partial charge in [0.1, 0.15) is 18.0 Å². The standard InChI is InChI=1S/C24H27ClFN3O3/c1-24(2,3)32-23(30)28-13-7-8-16(28)15-31-22-27-20-11-4-5-12-21(20)29(22)14-17-18(25)9-6-10-19(17)26/h4-6,9-12,16H,7-8,13-15H2,1-3H3/t16-/m1/s1. The van der Waals surface area contributed by atoms with Crippen molar-refractivity contribution < 1.29 is 18.7 Å². The van der Waals surface area contributed by atoms with E-state index in [4.69, 9.17) is 21.1 Å². The van der Waals surface area contributed by atoms with Gasteiger partial charge in [-0.2, -0.15) is 4.98 Å². The summed E-state index contributed by atoms with van der Waals surface area (Å²) in [5.74, 6) is -0.381. The van der Waals surface area contributed by atoms with E-state index in [0.29, 0.717) is 23.1 Å². The summed E-state index contributed by atoms with van der Waals surface area (Å²) < 4.78 is 27.9. The molecular weight excluding hydrogens is 433 g/mol. The van der Waals surface area contributed by atoms with Crippen molar-refractivity contribution in [1.82, 2.24) is 14.5 Å². The number of nitrogens with zero attached hydrogens (tertiary/aromatic N) is 3. The van der Waals surface area contributed by atoms with Crippen molar-refractivity contribution in [3.05, 3.63) is 58.9 Å². The summed E-state index contributed by atoms with van der Waals surface area (Å²) in [6.45, 7) is 6.63. The molecule has 2 heterocycles. The van der Waals surface area contributed by atoms with Crippen LogP contribution in [0.1, 0.15) is 39.2 Å². The van der Waals surface area contributed by atoms with Gasteiger partial charge >= 0.3 is 6.09 Å². The van der Waals surface area contributed by atoms with E-state index in [1.54, 1.807) is 17.0 Å². The van der Waals surface area contributed by atoms with Gasteiger partial charge in [0.15, 0.2) is 0 Å². The minimum atomic E-state index is -0.557. The van der Waals surface area contributed by atoms with Gasteiger partial charge in [0.05, 0.1) is 23.6 Å². The number of fused-ring (bicyclic) bond motifs is 1. The number of carbonyl (C=O) groups excluding carboxylic acids is 1. The smallest absolute Gasteiger partial charge is 0.410 e. The first kappa shape index (κ1) is 22.4. The first-order valence-electron chi connectivity index (χ1n) is 10.7. The Morgan fingerprint density at radius 1 is 1.22 bits per heavy atom. The number of imidazole rings is 1. The van der Waals surface area contributed by atoms with E-state index in [0.717, 1.165) is 23.9 Å². The first-order valence-corrected chi connectivity index (χ1v) is 11.1. The van der Waals surface area contributed by atoms with Crippen LogP contribution in [0.15, 0.2) is 42.5 Å². The molecule has 2 aromatic carbocycles. The summed E-state index contributed by atoms with van der Waals surface area (Å²) in [5.41, 5.74) is 1.37. The molecule has 1 fully saturated rings. The molecule has 0 saturated carbocycles. The maximum Gasteiger partial charge on any atom is 0.410 e. The van der Waals surface area contributed by atoms with Gasteiger partial charge in [0.25, 0.3) is 6.01 Å². The predicted octanol–water partition coefficient (Wildman–Crippen LogP) is 5.66. The number of ether oxygens (including phenoxy) is 2. The summed E-state index contributed by atoms with van der Waals surface area (Å²) in [6, 6.07) is 12.5. The Morgan fingerprint density at radius 2 is 2.00 bits per heavy atom. The highest BCUT2D eigenvalue weighted by atomic mass is 35.5. The molecule has 170 valence electrons. The van der Waals surface area contributed by atoms with Crippen molar-refractivity contribution in [1.29, 1.82) is 0 Å². The van der Waals surface area contributed by atoms with E-state index in [1.165, 1.54) is 6.07 Å². The molecule has 6 nitrogen and oxygen atoms in total. The Balaban J connectivity index is 1.57. The number of aromatic nitrogens is 2. The molecular formula is C24H27ClFN3O3. The third kappa shape index (κ3) is 4.83. The van der Waals surface area contributed by atoms with Crippen LogP contribution in [0.5, 0.6) is 6.01 Å². The van der Waals surface area contributed by atoms with Gasteiger partial charge in [-0.3, -0.25) is 4.57 Å². The monoisotopic (exact) mass is 459 g/mol. The number of benzene rings is 2. The number of carbonyl (C=O) groups is 1. The zero-order chi connectivity index (χ0) is 22.9. The number of amides is 1. The Morgan fingerprint density at radius 3 is 2.75 bits per heavy atom. The van der Waals surface area contributed by atoms with Gasteiger partial charge in [-0.1, -0.05) is 29.8 Å². The lowest BCUT2D eigenvalue weighted by atomic mass is 10.2. The van der Waals surface area contributed by atoms with E-state index in [2.05, 4.69) is 4.98 Å². The van der Waals surface area contributed by atoms with E-state index in [9.17, 15) is 9.18 Å². The van der Waals surface area contributed by atoms with Crippen LogP contribution in [0.3, 0.4) is 0 Å². The minimum Gasteiger partial charge on any atom is -0.462 e. The average molecular weight is 460 g/mol. The van der Waals surface area contributed by atoms with E-state index in [-0.39, 0.29) is 31.1 Å². The van der Waals surface area contributed by atoms with Crippen LogP contribution in [-0.2, 0) is 11.3 Å². The highest BCUT2D eigenvalue weighted by Crippen LogP contribution is 2.28. The molecule has 1 aliphatic heterocycles. The zero-order valence-corrected chi connectivity index (χ0v) is 19.2. The van der Waals surface area contributed by atoms with Crippen molar-refractivity contribution >= 4 is 28.7 Å². The molecule has 0 unspecified atom stereocenters. The highest BCUT2D eigenvalue weighted by Gasteiger charge is 2.33. The second kappa shape index (κ2) is 8.98. The summed E-state index contributed by atoms with van der Waals surface area (Å²) >= 11 is 6.26. The fourth-order valence-corrected chi connectivity index (χ4v) is 4.12. The quantitative estimate of drug-likeness (QED) is 0.494. The van der Waals surface area contributed by atoms with Crippen LogP contribution in [0.4, 0.5) is 9.18 Å². The molecule has 8 heteroatoms. The Labute approximate surface area is 191 Å². The molecule has 0 spiro atoms. The van der Waals surface area contributed by atoms with Crippen LogP contribution >= 0.6 is 11.6 Å². The summed E-state index contributed by atoms with van der Waals surface area (Å²) in [6.07, 6.45) is 1.36. The lowest BCUT2D eigenvalue weighted by molar-refractivity contribution is 0.0183. The number of hydrogen-bond donors (Lipinski definition) is 0. The van der Waals surface area contributed by atoms with Gasteiger partial charge in [-0.05, 0) is 57.9 Å². The largest absolute Gasteiger partial charge is 0.462 e. The molecule has 0 aliphatic carbocycles. The van der Waals surface area contributed by atoms with Crippen molar-refractivity contribution in [3.63, 3.8) is 0 Å². The second-order valence-electron chi connectivity index (χ2n) is 8.95. The summed E-state index contributed by atoms with van der Waals surface area (Å²) in [7, 11) is 0. The van der Waals surface area contributed by atoms with Crippen LogP contribution < -0.4 is 4.74 Å². The molecule has 32 heavy (non-hydrogen) atoms. The number of likely N-dealkylation sites (tertiary alicyclic amines) is 1. The molecule has 1 atom stereocenters. The van der Waals surface area contributed by atoms with Crippen molar-refractivity contribution in [2.45, 2.75) is 51.8 Å². The maximum absolute atomic E-state index is 14.5. The SMILES string of the molecule is CC(C)(C)OC(=O)N1CCC[C@@H]1COc1nc2ccccc2n1Cc1c(F)cccc1Cl. The molecule has 1 aliphatic rings. The minimum absolute atomic E-state index is 0.116. The van der Waals surface area contributed by atoms with Gasteiger partial charge in [0.2, 0.25) is 0 Å². The molecule has 1 saturated heterocycles. The zero-order valence-electron chi connectivity index (χ0n) is 18.5. The lowest BCUT2D eigenvalue weighted by Crippen LogP contribution is -2.42. The molecule has 1 aromatic heterocycles. The van der Waals surface area contributed by atoms with Crippen LogP contribution in [0, 0.1) is 5.82 Å². The van der Waals surface area contributed by atoms with Gasteiger partial charge in [0, 0.05) is 17.1 Å². The molecule has 3 aromatic rings. The Hall–Kier alpha value is -2.80. The normalized spacial score (nSPS) is 16.5. The molecule has 0 N–H and O–H groups in total.